The molecule has 4 aromatic rings. The lowest BCUT2D eigenvalue weighted by atomic mass is 9.99. The minimum absolute atomic E-state index is 0.00568. The predicted octanol–water partition coefficient (Wildman–Crippen LogP) is 4.51. The molecule has 0 aliphatic heterocycles. The molecule has 0 aliphatic carbocycles. The lowest BCUT2D eigenvalue weighted by Crippen LogP contribution is -2.43. The second kappa shape index (κ2) is 11.8. The number of rotatable bonds is 11. The van der Waals surface area contributed by atoms with Crippen LogP contribution in [0.1, 0.15) is 28.8 Å². The summed E-state index contributed by atoms with van der Waals surface area (Å²) < 4.78 is 5.18. The standard InChI is InChI=1S/C30H33N3O4/c1-33(22-13-15-23(37-2)16-14-22)30(36)26(31)18-21-9-5-7-20(17-21)8-6-12-28-25(19-29(34)35)24-10-3-4-11-27(24)32-28/h3-5,7,9-11,13-17,26,32H,6,8,12,18-19,31H2,1-2H3,(H,34,35)/t26-/m0/s1. The average Bonchev–Trinajstić information content (AvgIpc) is 3.24. The number of amides is 1. The fourth-order valence-electron chi connectivity index (χ4n) is 4.73. The Morgan fingerprint density at radius 3 is 2.46 bits per heavy atom. The van der Waals surface area contributed by atoms with Crippen molar-refractivity contribution in [1.29, 1.82) is 0 Å². The maximum Gasteiger partial charge on any atom is 0.307 e. The maximum atomic E-state index is 12.9. The van der Waals surface area contributed by atoms with Crippen molar-refractivity contribution in [3.05, 3.63) is 95.2 Å². The van der Waals surface area contributed by atoms with Crippen LogP contribution in [0.2, 0.25) is 0 Å². The van der Waals surface area contributed by atoms with Gasteiger partial charge in [-0.3, -0.25) is 9.59 Å². The molecule has 0 saturated heterocycles. The van der Waals surface area contributed by atoms with Crippen LogP contribution in [-0.2, 0) is 35.3 Å². The first-order valence-electron chi connectivity index (χ1n) is 12.4. The van der Waals surface area contributed by atoms with Crippen molar-refractivity contribution in [3.63, 3.8) is 0 Å². The summed E-state index contributed by atoms with van der Waals surface area (Å²) in [5.41, 5.74) is 12.0. The Balaban J connectivity index is 1.37. The Hall–Kier alpha value is -4.10. The Morgan fingerprint density at radius 1 is 1.00 bits per heavy atom. The Morgan fingerprint density at radius 2 is 1.73 bits per heavy atom. The number of benzene rings is 3. The SMILES string of the molecule is COc1ccc(N(C)C(=O)[C@@H](N)Cc2cccc(CCCc3[nH]c4ccccc4c3CC(=O)O)c2)cc1. The lowest BCUT2D eigenvalue weighted by molar-refractivity contribution is -0.136. The van der Waals surface area contributed by atoms with Gasteiger partial charge >= 0.3 is 5.97 Å². The number of nitrogens with two attached hydrogens (primary N) is 1. The molecule has 0 spiro atoms. The summed E-state index contributed by atoms with van der Waals surface area (Å²) in [4.78, 5) is 29.3. The van der Waals surface area contributed by atoms with E-state index >= 15 is 0 Å². The highest BCUT2D eigenvalue weighted by Crippen LogP contribution is 2.25. The quantitative estimate of drug-likeness (QED) is 0.281. The molecule has 4 rings (SSSR count). The lowest BCUT2D eigenvalue weighted by Gasteiger charge is -2.22. The van der Waals surface area contributed by atoms with E-state index in [0.717, 1.165) is 64.0 Å². The van der Waals surface area contributed by atoms with Crippen LogP contribution in [0.25, 0.3) is 10.9 Å². The molecule has 192 valence electrons. The fourth-order valence-corrected chi connectivity index (χ4v) is 4.73. The number of carbonyl (C=O) groups excluding carboxylic acids is 1. The smallest absolute Gasteiger partial charge is 0.307 e. The van der Waals surface area contributed by atoms with Gasteiger partial charge in [-0.1, -0.05) is 42.5 Å². The van der Waals surface area contributed by atoms with Crippen molar-refractivity contribution in [3.8, 4) is 5.75 Å². The van der Waals surface area contributed by atoms with Gasteiger partial charge < -0.3 is 25.5 Å². The third kappa shape index (κ3) is 6.37. The molecule has 0 bridgehead atoms. The molecule has 0 unspecified atom stereocenters. The maximum absolute atomic E-state index is 12.9. The van der Waals surface area contributed by atoms with Gasteiger partial charge in [0.15, 0.2) is 0 Å². The van der Waals surface area contributed by atoms with Gasteiger partial charge in [0.2, 0.25) is 5.91 Å². The van der Waals surface area contributed by atoms with E-state index in [9.17, 15) is 14.7 Å². The van der Waals surface area contributed by atoms with Crippen molar-refractivity contribution in [2.24, 2.45) is 5.73 Å². The molecular weight excluding hydrogens is 466 g/mol. The summed E-state index contributed by atoms with van der Waals surface area (Å²) in [5, 5.41) is 10.4. The molecule has 7 heteroatoms. The number of nitrogens with one attached hydrogen (secondary N) is 1. The second-order valence-corrected chi connectivity index (χ2v) is 9.28. The topological polar surface area (TPSA) is 109 Å². The highest BCUT2D eigenvalue weighted by atomic mass is 16.5. The van der Waals surface area contributed by atoms with Crippen LogP contribution in [0.15, 0.2) is 72.8 Å². The molecule has 1 amide bonds. The molecule has 37 heavy (non-hydrogen) atoms. The first-order chi connectivity index (χ1) is 17.9. The molecule has 7 nitrogen and oxygen atoms in total. The van der Waals surface area contributed by atoms with Gasteiger partial charge in [0.05, 0.1) is 19.6 Å². The summed E-state index contributed by atoms with van der Waals surface area (Å²) in [5.74, 6) is -0.254. The number of nitrogens with zero attached hydrogens (tertiary/aromatic N) is 1. The second-order valence-electron chi connectivity index (χ2n) is 9.28. The number of likely N-dealkylation sites (N-methyl/N-ethyl adjacent to an activating group) is 1. The first-order valence-corrected chi connectivity index (χ1v) is 12.4. The number of fused-ring (bicyclic) bond motifs is 1. The zero-order chi connectivity index (χ0) is 26.4. The number of carbonyl (C=O) groups is 2. The Labute approximate surface area is 216 Å². The van der Waals surface area contributed by atoms with E-state index in [1.807, 2.05) is 60.7 Å². The third-order valence-electron chi connectivity index (χ3n) is 6.68. The van der Waals surface area contributed by atoms with Crippen LogP contribution in [0.3, 0.4) is 0 Å². The minimum atomic E-state index is -0.831. The van der Waals surface area contributed by atoms with Crippen molar-refractivity contribution >= 4 is 28.5 Å². The van der Waals surface area contributed by atoms with Crippen LogP contribution in [0.4, 0.5) is 5.69 Å². The zero-order valence-electron chi connectivity index (χ0n) is 21.2. The fraction of sp³-hybridized carbons (Fsp3) is 0.267. The van der Waals surface area contributed by atoms with Crippen LogP contribution in [0.5, 0.6) is 5.75 Å². The van der Waals surface area contributed by atoms with E-state index in [0.29, 0.717) is 6.42 Å². The number of hydrogen-bond donors (Lipinski definition) is 3. The summed E-state index contributed by atoms with van der Waals surface area (Å²) in [6.07, 6.45) is 2.91. The highest BCUT2D eigenvalue weighted by molar-refractivity contribution is 5.96. The van der Waals surface area contributed by atoms with Crippen molar-refractivity contribution in [2.45, 2.75) is 38.1 Å². The van der Waals surface area contributed by atoms with Gasteiger partial charge in [-0.15, -0.1) is 0 Å². The largest absolute Gasteiger partial charge is 0.497 e. The summed E-state index contributed by atoms with van der Waals surface area (Å²) >= 11 is 0. The van der Waals surface area contributed by atoms with Crippen LogP contribution < -0.4 is 15.4 Å². The number of H-pyrrole nitrogens is 1. The number of aryl methyl sites for hydroxylation is 2. The van der Waals surface area contributed by atoms with Crippen LogP contribution in [-0.4, -0.2) is 42.2 Å². The number of anilines is 1. The molecule has 1 aromatic heterocycles. The normalized spacial score (nSPS) is 11.9. The van der Waals surface area contributed by atoms with E-state index in [1.54, 1.807) is 19.1 Å². The first kappa shape index (κ1) is 26.0. The van der Waals surface area contributed by atoms with Crippen molar-refractivity contribution in [1.82, 2.24) is 4.98 Å². The number of carboxylic acids is 1. The van der Waals surface area contributed by atoms with Crippen molar-refractivity contribution < 1.29 is 19.4 Å². The average molecular weight is 500 g/mol. The van der Waals surface area contributed by atoms with Crippen molar-refractivity contribution in [2.75, 3.05) is 19.1 Å². The van der Waals surface area contributed by atoms with Gasteiger partial charge in [0.1, 0.15) is 5.75 Å². The van der Waals surface area contributed by atoms with Crippen LogP contribution >= 0.6 is 0 Å². The van der Waals surface area contributed by atoms with Gasteiger partial charge in [-0.2, -0.15) is 0 Å². The highest BCUT2D eigenvalue weighted by Gasteiger charge is 2.20. The molecule has 0 saturated carbocycles. The number of aromatic nitrogens is 1. The number of aliphatic carboxylic acids is 1. The molecule has 0 radical (unpaired) electrons. The van der Waals surface area contributed by atoms with Gasteiger partial charge in [-0.05, 0) is 72.7 Å². The minimum Gasteiger partial charge on any atom is -0.497 e. The van der Waals surface area contributed by atoms with E-state index in [1.165, 1.54) is 0 Å². The number of aromatic amines is 1. The molecule has 1 heterocycles. The van der Waals surface area contributed by atoms with E-state index in [2.05, 4.69) is 17.1 Å². The van der Waals surface area contributed by atoms with Gasteiger partial charge in [0, 0.05) is 29.3 Å². The number of carboxylic acid groups (broad SMARTS) is 1. The Kier molecular flexibility index (Phi) is 8.25. The van der Waals surface area contributed by atoms with E-state index in [4.69, 9.17) is 10.5 Å². The van der Waals surface area contributed by atoms with E-state index in [-0.39, 0.29) is 12.3 Å². The summed E-state index contributed by atoms with van der Waals surface area (Å²) in [7, 11) is 3.33. The van der Waals surface area contributed by atoms with Gasteiger partial charge in [0.25, 0.3) is 0 Å². The zero-order valence-corrected chi connectivity index (χ0v) is 21.2. The Bertz CT molecular complexity index is 1380. The third-order valence-corrected chi connectivity index (χ3v) is 6.68. The predicted molar refractivity (Wildman–Crippen MR) is 146 cm³/mol. The monoisotopic (exact) mass is 499 g/mol. The number of methoxy groups -OCH3 is 1. The molecule has 3 aromatic carbocycles. The number of hydrogen-bond acceptors (Lipinski definition) is 4. The molecule has 0 aliphatic rings. The van der Waals surface area contributed by atoms with Gasteiger partial charge in [-0.25, -0.2) is 0 Å². The summed E-state index contributed by atoms with van der Waals surface area (Å²) in [6, 6.07) is 22.6. The molecule has 0 fully saturated rings. The number of para-hydroxylation sites is 1. The molecule has 1 atom stereocenters. The molecular formula is C30H33N3O4. The number of ether oxygens (including phenoxy) is 1. The van der Waals surface area contributed by atoms with E-state index < -0.39 is 12.0 Å². The van der Waals surface area contributed by atoms with Crippen LogP contribution in [0, 0.1) is 0 Å². The summed E-state index contributed by atoms with van der Waals surface area (Å²) in [6.45, 7) is 0. The molecule has 4 N–H and O–H groups in total.